The Kier molecular flexibility index (Phi) is 4.39. The summed E-state index contributed by atoms with van der Waals surface area (Å²) in [4.78, 5) is 2.53. The summed E-state index contributed by atoms with van der Waals surface area (Å²) in [6.45, 7) is 7.72. The van der Waals surface area contributed by atoms with Crippen LogP contribution in [0.15, 0.2) is 0 Å². The molecule has 2 N–H and O–H groups in total. The van der Waals surface area contributed by atoms with E-state index in [1.54, 1.807) is 0 Å². The van der Waals surface area contributed by atoms with Crippen molar-refractivity contribution in [3.63, 3.8) is 0 Å². The van der Waals surface area contributed by atoms with E-state index in [0.29, 0.717) is 12.1 Å². The Morgan fingerprint density at radius 1 is 1.36 bits per heavy atom. The second-order valence-corrected chi connectivity index (χ2v) is 5.03. The molecule has 0 radical (unpaired) electrons. The van der Waals surface area contributed by atoms with Crippen molar-refractivity contribution in [3.05, 3.63) is 0 Å². The van der Waals surface area contributed by atoms with Gasteiger partial charge in [0, 0.05) is 18.6 Å². The van der Waals surface area contributed by atoms with Crippen molar-refractivity contribution in [1.82, 2.24) is 4.90 Å². The summed E-state index contributed by atoms with van der Waals surface area (Å²) in [6.07, 6.45) is 4.01. The fourth-order valence-electron chi connectivity index (χ4n) is 2.65. The Labute approximate surface area is 88.8 Å². The summed E-state index contributed by atoms with van der Waals surface area (Å²) < 4.78 is 0. The van der Waals surface area contributed by atoms with Gasteiger partial charge in [-0.25, -0.2) is 0 Å². The van der Waals surface area contributed by atoms with Crippen LogP contribution in [0.4, 0.5) is 0 Å². The van der Waals surface area contributed by atoms with Crippen LogP contribution in [0.1, 0.15) is 40.0 Å². The van der Waals surface area contributed by atoms with E-state index < -0.39 is 0 Å². The molecule has 0 bridgehead atoms. The smallest absolute Gasteiger partial charge is 0.0246 e. The molecule has 1 aliphatic carbocycles. The first-order chi connectivity index (χ1) is 6.61. The molecule has 14 heavy (non-hydrogen) atoms. The van der Waals surface area contributed by atoms with Gasteiger partial charge in [0.2, 0.25) is 0 Å². The van der Waals surface area contributed by atoms with Gasteiger partial charge in [-0.2, -0.15) is 0 Å². The topological polar surface area (TPSA) is 29.3 Å². The van der Waals surface area contributed by atoms with Gasteiger partial charge in [-0.3, -0.25) is 4.90 Å². The van der Waals surface area contributed by atoms with Gasteiger partial charge in [0.25, 0.3) is 0 Å². The van der Waals surface area contributed by atoms with E-state index >= 15 is 0 Å². The van der Waals surface area contributed by atoms with Gasteiger partial charge in [0.05, 0.1) is 0 Å². The zero-order chi connectivity index (χ0) is 10.7. The lowest BCUT2D eigenvalue weighted by Gasteiger charge is -2.36. The number of nitrogens with two attached hydrogens (primary N) is 1. The maximum atomic E-state index is 5.87. The highest BCUT2D eigenvalue weighted by Gasteiger charge is 2.35. The van der Waals surface area contributed by atoms with E-state index in [-0.39, 0.29) is 0 Å². The van der Waals surface area contributed by atoms with Gasteiger partial charge < -0.3 is 5.73 Å². The van der Waals surface area contributed by atoms with Gasteiger partial charge in [-0.05, 0) is 38.1 Å². The predicted octanol–water partition coefficient (Wildman–Crippen LogP) is 2.09. The molecule has 84 valence electrons. The van der Waals surface area contributed by atoms with Crippen LogP contribution in [0.5, 0.6) is 0 Å². The minimum atomic E-state index is 0.627. The maximum Gasteiger partial charge on any atom is 0.0246 e. The van der Waals surface area contributed by atoms with E-state index in [1.165, 1.54) is 19.3 Å². The van der Waals surface area contributed by atoms with E-state index in [0.717, 1.165) is 18.4 Å². The van der Waals surface area contributed by atoms with Gasteiger partial charge in [-0.1, -0.05) is 20.8 Å². The quantitative estimate of drug-likeness (QED) is 0.708. The molecule has 0 spiro atoms. The number of hydrogen-bond acceptors (Lipinski definition) is 2. The molecule has 0 heterocycles. The lowest BCUT2D eigenvalue weighted by molar-refractivity contribution is 0.121. The molecule has 0 amide bonds. The van der Waals surface area contributed by atoms with Crippen molar-refractivity contribution in [2.75, 3.05) is 13.6 Å². The van der Waals surface area contributed by atoms with Crippen molar-refractivity contribution < 1.29 is 0 Å². The van der Waals surface area contributed by atoms with E-state index in [1.807, 2.05) is 0 Å². The van der Waals surface area contributed by atoms with Crippen LogP contribution in [0.3, 0.4) is 0 Å². The fraction of sp³-hybridized carbons (Fsp3) is 1.00. The summed E-state index contributed by atoms with van der Waals surface area (Å²) >= 11 is 0. The summed E-state index contributed by atoms with van der Waals surface area (Å²) in [5, 5.41) is 0. The summed E-state index contributed by atoms with van der Waals surface area (Å²) in [7, 11) is 2.25. The molecule has 1 fully saturated rings. The number of nitrogens with zero attached hydrogens (tertiary/aromatic N) is 1. The summed E-state index contributed by atoms with van der Waals surface area (Å²) in [5.41, 5.74) is 5.87. The summed E-state index contributed by atoms with van der Waals surface area (Å²) in [5.74, 6) is 1.62. The van der Waals surface area contributed by atoms with Crippen molar-refractivity contribution in [2.45, 2.75) is 52.1 Å². The van der Waals surface area contributed by atoms with Crippen LogP contribution in [0.25, 0.3) is 0 Å². The largest absolute Gasteiger partial charge is 0.329 e. The first-order valence-corrected chi connectivity index (χ1v) is 6.03. The molecule has 1 saturated carbocycles. The second-order valence-electron chi connectivity index (χ2n) is 5.03. The van der Waals surface area contributed by atoms with Crippen LogP contribution in [-0.2, 0) is 0 Å². The van der Waals surface area contributed by atoms with E-state index in [4.69, 9.17) is 5.73 Å². The lowest BCUT2D eigenvalue weighted by Crippen LogP contribution is -2.47. The van der Waals surface area contributed by atoms with Crippen molar-refractivity contribution in [2.24, 2.45) is 17.6 Å². The van der Waals surface area contributed by atoms with Crippen LogP contribution >= 0.6 is 0 Å². The lowest BCUT2D eigenvalue weighted by atomic mass is 9.97. The zero-order valence-corrected chi connectivity index (χ0v) is 10.2. The van der Waals surface area contributed by atoms with Crippen molar-refractivity contribution in [3.8, 4) is 0 Å². The molecule has 2 unspecified atom stereocenters. The molecule has 2 nitrogen and oxygen atoms in total. The van der Waals surface area contributed by atoms with Crippen LogP contribution in [-0.4, -0.2) is 30.6 Å². The highest BCUT2D eigenvalue weighted by molar-refractivity contribution is 4.90. The van der Waals surface area contributed by atoms with Gasteiger partial charge in [0.1, 0.15) is 0 Å². The Balaban J connectivity index is 2.54. The summed E-state index contributed by atoms with van der Waals surface area (Å²) in [6, 6.07) is 1.33. The Morgan fingerprint density at radius 2 is 1.93 bits per heavy atom. The van der Waals surface area contributed by atoms with Crippen LogP contribution < -0.4 is 5.73 Å². The molecule has 0 aliphatic heterocycles. The molecule has 0 aromatic heterocycles. The maximum absolute atomic E-state index is 5.87. The minimum Gasteiger partial charge on any atom is -0.329 e. The van der Waals surface area contributed by atoms with E-state index in [2.05, 4.69) is 32.7 Å². The molecule has 0 saturated heterocycles. The Morgan fingerprint density at radius 3 is 2.21 bits per heavy atom. The minimum absolute atomic E-state index is 0.627. The van der Waals surface area contributed by atoms with E-state index in [9.17, 15) is 0 Å². The normalized spacial score (nSPS) is 21.6. The number of likely N-dealkylation sites (N-methyl/N-ethyl adjacent to an activating group) is 1. The van der Waals surface area contributed by atoms with Gasteiger partial charge >= 0.3 is 0 Å². The average Bonchev–Trinajstić information content (AvgIpc) is 2.90. The molecule has 0 aromatic rings. The Bertz CT molecular complexity index is 154. The van der Waals surface area contributed by atoms with Crippen LogP contribution in [0.2, 0.25) is 0 Å². The highest BCUT2D eigenvalue weighted by Crippen LogP contribution is 2.36. The first kappa shape index (κ1) is 12.0. The SMILES string of the molecule is CCC(C(C)C)N(C)C(CN)C1CC1. The van der Waals surface area contributed by atoms with Crippen molar-refractivity contribution in [1.29, 1.82) is 0 Å². The molecule has 1 aliphatic rings. The fourth-order valence-corrected chi connectivity index (χ4v) is 2.65. The third-order valence-electron chi connectivity index (χ3n) is 3.64. The monoisotopic (exact) mass is 198 g/mol. The predicted molar refractivity (Wildman–Crippen MR) is 62.2 cm³/mol. The third-order valence-corrected chi connectivity index (χ3v) is 3.64. The molecule has 2 heteroatoms. The highest BCUT2D eigenvalue weighted by atomic mass is 15.2. The Hall–Kier alpha value is -0.0800. The zero-order valence-electron chi connectivity index (χ0n) is 10.2. The second kappa shape index (κ2) is 5.13. The third kappa shape index (κ3) is 2.71. The number of hydrogen-bond donors (Lipinski definition) is 1. The van der Waals surface area contributed by atoms with Crippen molar-refractivity contribution >= 4 is 0 Å². The standard InChI is InChI=1S/C12H26N2/c1-5-11(9(2)3)14(4)12(8-13)10-6-7-10/h9-12H,5-8,13H2,1-4H3. The van der Waals surface area contributed by atoms with Crippen LogP contribution in [0, 0.1) is 11.8 Å². The average molecular weight is 198 g/mol. The molecular formula is C12H26N2. The molecule has 0 aromatic carbocycles. The van der Waals surface area contributed by atoms with Gasteiger partial charge in [-0.15, -0.1) is 0 Å². The molecular weight excluding hydrogens is 172 g/mol. The molecule has 2 atom stereocenters. The van der Waals surface area contributed by atoms with Gasteiger partial charge in [0.15, 0.2) is 0 Å². The first-order valence-electron chi connectivity index (χ1n) is 6.03. The number of rotatable bonds is 6. The molecule has 1 rings (SSSR count).